The number of carbonyl (C=O) groups is 1. The van der Waals surface area contributed by atoms with Crippen molar-refractivity contribution in [3.63, 3.8) is 0 Å². The molecule has 1 atom stereocenters. The van der Waals surface area contributed by atoms with Gasteiger partial charge in [0.2, 0.25) is 5.91 Å². The molecule has 28 heavy (non-hydrogen) atoms. The van der Waals surface area contributed by atoms with Gasteiger partial charge < -0.3 is 15.0 Å². The third-order valence-electron chi connectivity index (χ3n) is 5.28. The highest BCUT2D eigenvalue weighted by atomic mass is 19.4. The predicted octanol–water partition coefficient (Wildman–Crippen LogP) is 4.50. The maximum atomic E-state index is 13.2. The molecule has 0 spiro atoms. The van der Waals surface area contributed by atoms with Crippen LogP contribution in [0.1, 0.15) is 24.0 Å². The second kappa shape index (κ2) is 7.37. The van der Waals surface area contributed by atoms with E-state index in [0.717, 1.165) is 49.4 Å². The Morgan fingerprint density at radius 1 is 1.11 bits per heavy atom. The lowest BCUT2D eigenvalue weighted by Gasteiger charge is -2.26. The van der Waals surface area contributed by atoms with E-state index in [1.807, 2.05) is 29.2 Å². The van der Waals surface area contributed by atoms with Crippen molar-refractivity contribution >= 4 is 17.3 Å². The van der Waals surface area contributed by atoms with Crippen LogP contribution in [0.2, 0.25) is 0 Å². The molecule has 0 radical (unpaired) electrons. The van der Waals surface area contributed by atoms with Crippen LogP contribution >= 0.6 is 0 Å². The van der Waals surface area contributed by atoms with Crippen LogP contribution in [0.5, 0.6) is 5.75 Å². The molecule has 0 bridgehead atoms. The van der Waals surface area contributed by atoms with Crippen LogP contribution in [0.3, 0.4) is 0 Å². The largest absolute Gasteiger partial charge is 0.492 e. The third kappa shape index (κ3) is 3.79. The summed E-state index contributed by atoms with van der Waals surface area (Å²) in [4.78, 5) is 14.8. The van der Waals surface area contributed by atoms with Gasteiger partial charge >= 0.3 is 6.18 Å². The number of amides is 1. The summed E-state index contributed by atoms with van der Waals surface area (Å²) < 4.78 is 45.2. The van der Waals surface area contributed by atoms with Crippen LogP contribution in [0.25, 0.3) is 0 Å². The summed E-state index contributed by atoms with van der Waals surface area (Å²) in [6, 6.07) is 11.0. The number of para-hydroxylation sites is 1. The van der Waals surface area contributed by atoms with E-state index in [1.54, 1.807) is 0 Å². The molecule has 0 saturated carbocycles. The second-order valence-corrected chi connectivity index (χ2v) is 7.23. The van der Waals surface area contributed by atoms with Gasteiger partial charge in [-0.15, -0.1) is 0 Å². The number of nitrogens with zero attached hydrogens (tertiary/aromatic N) is 1. The first-order chi connectivity index (χ1) is 13.4. The number of halogens is 3. The Balaban J connectivity index is 1.58. The van der Waals surface area contributed by atoms with E-state index in [0.29, 0.717) is 12.1 Å². The minimum absolute atomic E-state index is 0.209. The molecule has 1 saturated heterocycles. The van der Waals surface area contributed by atoms with Crippen LogP contribution in [0.4, 0.5) is 24.5 Å². The van der Waals surface area contributed by atoms with Gasteiger partial charge in [0, 0.05) is 13.1 Å². The van der Waals surface area contributed by atoms with E-state index in [1.165, 1.54) is 6.07 Å². The van der Waals surface area contributed by atoms with Crippen molar-refractivity contribution in [3.05, 3.63) is 53.6 Å². The molecule has 2 aromatic rings. The monoisotopic (exact) mass is 390 g/mol. The average Bonchev–Trinajstić information content (AvgIpc) is 3.21. The van der Waals surface area contributed by atoms with Gasteiger partial charge in [-0.05, 0) is 49.1 Å². The van der Waals surface area contributed by atoms with Gasteiger partial charge in [0.15, 0.2) is 0 Å². The summed E-state index contributed by atoms with van der Waals surface area (Å²) in [5.41, 5.74) is 1.00. The number of alkyl halides is 3. The summed E-state index contributed by atoms with van der Waals surface area (Å²) >= 11 is 0. The molecule has 1 amide bonds. The molecular formula is C21H21F3N2O2. The molecule has 1 fully saturated rings. The van der Waals surface area contributed by atoms with E-state index in [-0.39, 0.29) is 18.2 Å². The molecule has 148 valence electrons. The van der Waals surface area contributed by atoms with Gasteiger partial charge in [0.1, 0.15) is 12.4 Å². The van der Waals surface area contributed by atoms with Crippen molar-refractivity contribution in [2.45, 2.75) is 25.4 Å². The van der Waals surface area contributed by atoms with Crippen LogP contribution in [0.15, 0.2) is 42.5 Å². The number of fused-ring (bicyclic) bond motifs is 1. The number of hydrogen-bond acceptors (Lipinski definition) is 3. The van der Waals surface area contributed by atoms with Crippen LogP contribution in [-0.2, 0) is 17.4 Å². The summed E-state index contributed by atoms with van der Waals surface area (Å²) in [6.45, 7) is 1.75. The van der Waals surface area contributed by atoms with E-state index in [4.69, 9.17) is 4.74 Å². The summed E-state index contributed by atoms with van der Waals surface area (Å²) in [7, 11) is 0. The first-order valence-corrected chi connectivity index (χ1v) is 9.39. The summed E-state index contributed by atoms with van der Waals surface area (Å²) in [5, 5.41) is 2.74. The Hall–Kier alpha value is -2.70. The number of anilines is 2. The van der Waals surface area contributed by atoms with E-state index < -0.39 is 17.7 Å². The maximum absolute atomic E-state index is 13.2. The fourth-order valence-corrected chi connectivity index (χ4v) is 3.78. The summed E-state index contributed by atoms with van der Waals surface area (Å²) in [6.07, 6.45) is -1.99. The van der Waals surface area contributed by atoms with Crippen molar-refractivity contribution in [3.8, 4) is 5.75 Å². The van der Waals surface area contributed by atoms with Crippen molar-refractivity contribution in [1.29, 1.82) is 0 Å². The fraction of sp³-hybridized carbons (Fsp3) is 0.381. The Kier molecular flexibility index (Phi) is 4.91. The molecule has 0 aromatic heterocycles. The number of nitrogens with one attached hydrogen (secondary N) is 1. The fourth-order valence-electron chi connectivity index (χ4n) is 3.78. The van der Waals surface area contributed by atoms with Crippen molar-refractivity contribution in [1.82, 2.24) is 0 Å². The SMILES string of the molecule is O=C(Nc1cc(C(F)(F)F)ccc1N1CCCC1)[C@H]1COc2ccccc2C1. The van der Waals surface area contributed by atoms with E-state index in [9.17, 15) is 18.0 Å². The molecule has 1 N–H and O–H groups in total. The predicted molar refractivity (Wildman–Crippen MR) is 101 cm³/mol. The van der Waals surface area contributed by atoms with Crippen LogP contribution < -0.4 is 15.0 Å². The zero-order valence-corrected chi connectivity index (χ0v) is 15.3. The highest BCUT2D eigenvalue weighted by Crippen LogP contribution is 2.37. The standard InChI is InChI=1S/C21H21F3N2O2/c22-21(23,24)16-7-8-18(26-9-3-4-10-26)17(12-16)25-20(27)15-11-14-5-1-2-6-19(14)28-13-15/h1-2,5-8,12,15H,3-4,9-11,13H2,(H,25,27)/t15-/m1/s1. The Bertz CT molecular complexity index is 876. The number of hydrogen-bond donors (Lipinski definition) is 1. The Morgan fingerprint density at radius 2 is 1.86 bits per heavy atom. The average molecular weight is 390 g/mol. The van der Waals surface area contributed by atoms with Gasteiger partial charge in [-0.2, -0.15) is 13.2 Å². The van der Waals surface area contributed by atoms with Crippen molar-refractivity contribution in [2.75, 3.05) is 29.9 Å². The molecule has 0 aliphatic carbocycles. The van der Waals surface area contributed by atoms with E-state index in [2.05, 4.69) is 5.32 Å². The quantitative estimate of drug-likeness (QED) is 0.839. The number of ether oxygens (including phenoxy) is 1. The number of benzene rings is 2. The van der Waals surface area contributed by atoms with Gasteiger partial charge in [-0.1, -0.05) is 18.2 Å². The molecular weight excluding hydrogens is 369 g/mol. The van der Waals surface area contributed by atoms with Gasteiger partial charge in [0.25, 0.3) is 0 Å². The normalized spacial score (nSPS) is 19.1. The Morgan fingerprint density at radius 3 is 2.61 bits per heavy atom. The molecule has 4 rings (SSSR count). The summed E-state index contributed by atoms with van der Waals surface area (Å²) in [5.74, 6) is -0.0199. The molecule has 2 aromatic carbocycles. The molecule has 7 heteroatoms. The van der Waals surface area contributed by atoms with E-state index >= 15 is 0 Å². The van der Waals surface area contributed by atoms with Crippen LogP contribution in [-0.4, -0.2) is 25.6 Å². The molecule has 4 nitrogen and oxygen atoms in total. The highest BCUT2D eigenvalue weighted by molar-refractivity contribution is 5.96. The second-order valence-electron chi connectivity index (χ2n) is 7.23. The van der Waals surface area contributed by atoms with Crippen LogP contribution in [0, 0.1) is 5.92 Å². The highest BCUT2D eigenvalue weighted by Gasteiger charge is 2.33. The first-order valence-electron chi connectivity index (χ1n) is 9.39. The molecule has 0 unspecified atom stereocenters. The zero-order chi connectivity index (χ0) is 19.7. The lowest BCUT2D eigenvalue weighted by Crippen LogP contribution is -2.33. The minimum atomic E-state index is -4.46. The first kappa shape index (κ1) is 18.7. The topological polar surface area (TPSA) is 41.6 Å². The molecule has 2 aliphatic rings. The number of rotatable bonds is 3. The molecule has 2 heterocycles. The lowest BCUT2D eigenvalue weighted by atomic mass is 9.96. The smallest absolute Gasteiger partial charge is 0.416 e. The zero-order valence-electron chi connectivity index (χ0n) is 15.3. The van der Waals surface area contributed by atoms with Gasteiger partial charge in [-0.25, -0.2) is 0 Å². The third-order valence-corrected chi connectivity index (χ3v) is 5.28. The Labute approximate surface area is 161 Å². The number of carbonyl (C=O) groups excluding carboxylic acids is 1. The maximum Gasteiger partial charge on any atom is 0.416 e. The van der Waals surface area contributed by atoms with Gasteiger partial charge in [-0.3, -0.25) is 4.79 Å². The minimum Gasteiger partial charge on any atom is -0.492 e. The molecule has 2 aliphatic heterocycles. The van der Waals surface area contributed by atoms with Gasteiger partial charge in [0.05, 0.1) is 22.9 Å². The van der Waals surface area contributed by atoms with Crippen molar-refractivity contribution < 1.29 is 22.7 Å². The lowest BCUT2D eigenvalue weighted by molar-refractivity contribution is -0.137. The van der Waals surface area contributed by atoms with Crippen molar-refractivity contribution in [2.24, 2.45) is 5.92 Å².